The summed E-state index contributed by atoms with van der Waals surface area (Å²) in [6.45, 7) is 6.78. The molecule has 28 heavy (non-hydrogen) atoms. The first-order valence-corrected chi connectivity index (χ1v) is 10.2. The Labute approximate surface area is 167 Å². The van der Waals surface area contributed by atoms with Crippen molar-refractivity contribution in [1.82, 2.24) is 10.2 Å². The number of benzene rings is 1. The molecule has 0 unspecified atom stereocenters. The lowest BCUT2D eigenvalue weighted by Crippen LogP contribution is -2.49. The van der Waals surface area contributed by atoms with Gasteiger partial charge in [-0.25, -0.2) is 4.39 Å². The first kappa shape index (κ1) is 22.1. The van der Waals surface area contributed by atoms with Crippen LogP contribution in [0.15, 0.2) is 24.3 Å². The highest BCUT2D eigenvalue weighted by molar-refractivity contribution is 5.83. The minimum atomic E-state index is -0.250. The summed E-state index contributed by atoms with van der Waals surface area (Å²) in [6.07, 6.45) is 3.41. The van der Waals surface area contributed by atoms with E-state index in [9.17, 15) is 14.0 Å². The van der Waals surface area contributed by atoms with Gasteiger partial charge in [-0.15, -0.1) is 0 Å². The highest BCUT2D eigenvalue weighted by Crippen LogP contribution is 2.17. The number of carbonyl (C=O) groups is 2. The second-order valence-electron chi connectivity index (χ2n) is 7.01. The summed E-state index contributed by atoms with van der Waals surface area (Å²) in [6, 6.07) is 6.41. The van der Waals surface area contributed by atoms with Crippen LogP contribution < -0.4 is 10.2 Å². The number of piperazine rings is 1. The third-order valence-electron chi connectivity index (χ3n) is 4.82. The van der Waals surface area contributed by atoms with Crippen molar-refractivity contribution in [2.45, 2.75) is 39.0 Å². The van der Waals surface area contributed by atoms with Gasteiger partial charge in [-0.3, -0.25) is 9.59 Å². The fraction of sp³-hybridized carbons (Fsp3) is 0.619. The number of rotatable bonds is 11. The van der Waals surface area contributed by atoms with Gasteiger partial charge in [0.15, 0.2) is 0 Å². The van der Waals surface area contributed by atoms with E-state index in [1.165, 1.54) is 12.1 Å². The van der Waals surface area contributed by atoms with E-state index < -0.39 is 0 Å². The summed E-state index contributed by atoms with van der Waals surface area (Å²) >= 11 is 0. The number of nitrogens with one attached hydrogen (secondary N) is 1. The zero-order valence-electron chi connectivity index (χ0n) is 16.8. The number of halogens is 1. The maximum atomic E-state index is 13.0. The van der Waals surface area contributed by atoms with Crippen LogP contribution in [0, 0.1) is 5.82 Å². The molecule has 0 aromatic heterocycles. The molecule has 0 bridgehead atoms. The molecule has 1 N–H and O–H groups in total. The summed E-state index contributed by atoms with van der Waals surface area (Å²) in [7, 11) is 0. The minimum Gasteiger partial charge on any atom is -0.381 e. The fourth-order valence-corrected chi connectivity index (χ4v) is 3.08. The van der Waals surface area contributed by atoms with E-state index in [0.29, 0.717) is 39.3 Å². The smallest absolute Gasteiger partial charge is 0.223 e. The lowest BCUT2D eigenvalue weighted by Gasteiger charge is -2.36. The van der Waals surface area contributed by atoms with E-state index in [0.717, 1.165) is 31.6 Å². The average Bonchev–Trinajstić information content (AvgIpc) is 2.72. The second kappa shape index (κ2) is 12.3. The molecular formula is C21H32FN3O3. The molecule has 1 aliphatic rings. The quantitative estimate of drug-likeness (QED) is 0.587. The Hall–Kier alpha value is -2.15. The van der Waals surface area contributed by atoms with Crippen LogP contribution in [0.3, 0.4) is 0 Å². The van der Waals surface area contributed by atoms with Crippen molar-refractivity contribution in [1.29, 1.82) is 0 Å². The van der Waals surface area contributed by atoms with Crippen LogP contribution in [0.5, 0.6) is 0 Å². The predicted molar refractivity (Wildman–Crippen MR) is 108 cm³/mol. The Morgan fingerprint density at radius 3 is 2.39 bits per heavy atom. The number of carbonyl (C=O) groups excluding carboxylic acids is 2. The van der Waals surface area contributed by atoms with E-state index in [1.807, 2.05) is 0 Å². The first-order chi connectivity index (χ1) is 13.6. The van der Waals surface area contributed by atoms with Crippen LogP contribution in [0.2, 0.25) is 0 Å². The Morgan fingerprint density at radius 2 is 1.71 bits per heavy atom. The van der Waals surface area contributed by atoms with Crippen molar-refractivity contribution < 1.29 is 18.7 Å². The van der Waals surface area contributed by atoms with Gasteiger partial charge in [0, 0.05) is 64.5 Å². The number of unbranched alkanes of at least 4 members (excludes halogenated alkanes) is 1. The molecule has 156 valence electrons. The molecule has 1 fully saturated rings. The molecule has 0 saturated carbocycles. The minimum absolute atomic E-state index is 0.0109. The zero-order valence-corrected chi connectivity index (χ0v) is 16.8. The predicted octanol–water partition coefficient (Wildman–Crippen LogP) is 2.58. The van der Waals surface area contributed by atoms with Crippen molar-refractivity contribution in [3.8, 4) is 0 Å². The maximum absolute atomic E-state index is 13.0. The Balaban J connectivity index is 1.57. The second-order valence-corrected chi connectivity index (χ2v) is 7.01. The SMILES string of the molecule is CCCCOCCCNC(=O)CCC(=O)N1CCN(c2ccc(F)cc2)CC1. The lowest BCUT2D eigenvalue weighted by atomic mass is 10.2. The summed E-state index contributed by atoms with van der Waals surface area (Å²) < 4.78 is 18.5. The van der Waals surface area contributed by atoms with E-state index >= 15 is 0 Å². The van der Waals surface area contributed by atoms with Crippen molar-refractivity contribution in [2.24, 2.45) is 0 Å². The Bertz CT molecular complexity index is 601. The summed E-state index contributed by atoms with van der Waals surface area (Å²) in [5, 5.41) is 2.84. The summed E-state index contributed by atoms with van der Waals surface area (Å²) in [5.41, 5.74) is 0.964. The van der Waals surface area contributed by atoms with E-state index in [1.54, 1.807) is 17.0 Å². The molecule has 1 aromatic rings. The van der Waals surface area contributed by atoms with E-state index in [2.05, 4.69) is 17.1 Å². The van der Waals surface area contributed by atoms with Gasteiger partial charge in [-0.1, -0.05) is 13.3 Å². The monoisotopic (exact) mass is 393 g/mol. The number of hydrogen-bond acceptors (Lipinski definition) is 4. The van der Waals surface area contributed by atoms with Crippen molar-refractivity contribution in [3.63, 3.8) is 0 Å². The largest absolute Gasteiger partial charge is 0.381 e. The molecule has 1 saturated heterocycles. The van der Waals surface area contributed by atoms with Crippen molar-refractivity contribution in [2.75, 3.05) is 50.8 Å². The van der Waals surface area contributed by atoms with Gasteiger partial charge in [0.2, 0.25) is 11.8 Å². The van der Waals surface area contributed by atoms with Gasteiger partial charge in [-0.2, -0.15) is 0 Å². The molecule has 1 aliphatic heterocycles. The molecule has 2 rings (SSSR count). The summed E-state index contributed by atoms with van der Waals surface area (Å²) in [5.74, 6) is -0.330. The third kappa shape index (κ3) is 7.84. The number of nitrogens with zero attached hydrogens (tertiary/aromatic N) is 2. The number of ether oxygens (including phenoxy) is 1. The molecule has 6 nitrogen and oxygen atoms in total. The number of anilines is 1. The van der Waals surface area contributed by atoms with Gasteiger partial charge in [0.05, 0.1) is 0 Å². The number of hydrogen-bond donors (Lipinski definition) is 1. The molecule has 2 amide bonds. The Kier molecular flexibility index (Phi) is 9.76. The van der Waals surface area contributed by atoms with E-state index in [4.69, 9.17) is 4.74 Å². The highest BCUT2D eigenvalue weighted by atomic mass is 19.1. The molecular weight excluding hydrogens is 361 g/mol. The third-order valence-corrected chi connectivity index (χ3v) is 4.82. The number of amides is 2. The maximum Gasteiger partial charge on any atom is 0.223 e. The van der Waals surface area contributed by atoms with Gasteiger partial charge in [0.1, 0.15) is 5.82 Å². The van der Waals surface area contributed by atoms with Crippen LogP contribution in [0.25, 0.3) is 0 Å². The zero-order chi connectivity index (χ0) is 20.2. The first-order valence-electron chi connectivity index (χ1n) is 10.2. The summed E-state index contributed by atoms with van der Waals surface area (Å²) in [4.78, 5) is 28.1. The van der Waals surface area contributed by atoms with Gasteiger partial charge in [-0.05, 0) is 37.1 Å². The lowest BCUT2D eigenvalue weighted by molar-refractivity contribution is -0.133. The molecule has 1 heterocycles. The normalized spacial score (nSPS) is 14.2. The van der Waals surface area contributed by atoms with Crippen LogP contribution in [0.1, 0.15) is 39.0 Å². The van der Waals surface area contributed by atoms with Crippen molar-refractivity contribution >= 4 is 17.5 Å². The van der Waals surface area contributed by atoms with Crippen LogP contribution in [0.4, 0.5) is 10.1 Å². The molecule has 0 radical (unpaired) electrons. The van der Waals surface area contributed by atoms with Crippen LogP contribution >= 0.6 is 0 Å². The molecule has 0 spiro atoms. The average molecular weight is 394 g/mol. The molecule has 1 aromatic carbocycles. The molecule has 7 heteroatoms. The molecule has 0 atom stereocenters. The Morgan fingerprint density at radius 1 is 1.04 bits per heavy atom. The van der Waals surface area contributed by atoms with Gasteiger partial charge >= 0.3 is 0 Å². The van der Waals surface area contributed by atoms with Crippen LogP contribution in [-0.2, 0) is 14.3 Å². The van der Waals surface area contributed by atoms with Crippen LogP contribution in [-0.4, -0.2) is 62.7 Å². The van der Waals surface area contributed by atoms with E-state index in [-0.39, 0.29) is 30.5 Å². The highest BCUT2D eigenvalue weighted by Gasteiger charge is 2.21. The van der Waals surface area contributed by atoms with Gasteiger partial charge in [0.25, 0.3) is 0 Å². The molecule has 0 aliphatic carbocycles. The topological polar surface area (TPSA) is 61.9 Å². The van der Waals surface area contributed by atoms with Gasteiger partial charge < -0.3 is 19.9 Å². The standard InChI is InChI=1S/C21H32FN3O3/c1-2-3-16-28-17-4-11-23-20(26)9-10-21(27)25-14-12-24(13-15-25)19-7-5-18(22)6-8-19/h5-8H,2-4,9-17H2,1H3,(H,23,26). The van der Waals surface area contributed by atoms with Crippen molar-refractivity contribution in [3.05, 3.63) is 30.1 Å². The fourth-order valence-electron chi connectivity index (χ4n) is 3.08.